The van der Waals surface area contributed by atoms with E-state index in [1.54, 1.807) is 18.2 Å². The van der Waals surface area contributed by atoms with Gasteiger partial charge in [0.05, 0.1) is 19.2 Å². The Bertz CT molecular complexity index is 770. The van der Waals surface area contributed by atoms with Crippen molar-refractivity contribution in [1.82, 2.24) is 9.88 Å². The Kier molecular flexibility index (Phi) is 4.70. The zero-order valence-corrected chi connectivity index (χ0v) is 15.1. The van der Waals surface area contributed by atoms with E-state index in [0.717, 1.165) is 28.8 Å². The molecular weight excluding hydrogens is 320 g/mol. The summed E-state index contributed by atoms with van der Waals surface area (Å²) in [5.74, 6) is 1.51. The Morgan fingerprint density at radius 2 is 2.08 bits per heavy atom. The number of nitrogens with zero attached hydrogens (tertiary/aromatic N) is 2. The van der Waals surface area contributed by atoms with E-state index in [1.165, 1.54) is 0 Å². The molecule has 6 nitrogen and oxygen atoms in total. The van der Waals surface area contributed by atoms with Gasteiger partial charge in [0.15, 0.2) is 0 Å². The summed E-state index contributed by atoms with van der Waals surface area (Å²) in [7, 11) is 1.63. The Balaban J connectivity index is 1.71. The second-order valence-electron chi connectivity index (χ2n) is 7.15. The molecule has 0 saturated carbocycles. The molecule has 0 bridgehead atoms. The molecule has 0 N–H and O–H groups in total. The van der Waals surface area contributed by atoms with Crippen LogP contribution in [-0.2, 0) is 4.74 Å². The number of benzene rings is 1. The molecule has 2 heterocycles. The van der Waals surface area contributed by atoms with E-state index in [2.05, 4.69) is 4.98 Å². The van der Waals surface area contributed by atoms with E-state index in [4.69, 9.17) is 14.2 Å². The van der Waals surface area contributed by atoms with Gasteiger partial charge in [-0.25, -0.2) is 4.79 Å². The van der Waals surface area contributed by atoms with Crippen LogP contribution in [0.3, 0.4) is 0 Å². The molecule has 0 spiro atoms. The SMILES string of the molecule is COc1ccc2nccc(O[C@H]3CCN(C(=O)OC(C)(C)C)C3)c2c1. The van der Waals surface area contributed by atoms with Crippen LogP contribution >= 0.6 is 0 Å². The average Bonchev–Trinajstić information content (AvgIpc) is 3.02. The molecule has 1 aliphatic rings. The molecule has 2 aromatic rings. The van der Waals surface area contributed by atoms with Gasteiger partial charge in [-0.2, -0.15) is 0 Å². The summed E-state index contributed by atoms with van der Waals surface area (Å²) in [6.45, 7) is 6.75. The van der Waals surface area contributed by atoms with E-state index in [9.17, 15) is 4.79 Å². The predicted octanol–water partition coefficient (Wildman–Crippen LogP) is 3.63. The van der Waals surface area contributed by atoms with Crippen LogP contribution in [0.2, 0.25) is 0 Å². The fourth-order valence-corrected chi connectivity index (χ4v) is 2.83. The molecule has 1 aromatic heterocycles. The smallest absolute Gasteiger partial charge is 0.410 e. The maximum absolute atomic E-state index is 12.2. The van der Waals surface area contributed by atoms with E-state index < -0.39 is 5.60 Å². The van der Waals surface area contributed by atoms with Gasteiger partial charge >= 0.3 is 6.09 Å². The third-order valence-electron chi connectivity index (χ3n) is 4.00. The van der Waals surface area contributed by atoms with Crippen molar-refractivity contribution in [3.05, 3.63) is 30.5 Å². The minimum absolute atomic E-state index is 0.0654. The number of amides is 1. The zero-order valence-electron chi connectivity index (χ0n) is 15.1. The summed E-state index contributed by atoms with van der Waals surface area (Å²) >= 11 is 0. The number of aromatic nitrogens is 1. The maximum atomic E-state index is 12.2. The summed E-state index contributed by atoms with van der Waals surface area (Å²) in [5.41, 5.74) is 0.355. The molecule has 1 atom stereocenters. The summed E-state index contributed by atoms with van der Waals surface area (Å²) in [6.07, 6.45) is 2.14. The van der Waals surface area contributed by atoms with Gasteiger partial charge in [0, 0.05) is 24.5 Å². The first-order valence-corrected chi connectivity index (χ1v) is 8.43. The lowest BCUT2D eigenvalue weighted by Crippen LogP contribution is -2.36. The first kappa shape index (κ1) is 17.3. The summed E-state index contributed by atoms with van der Waals surface area (Å²) < 4.78 is 16.9. The normalized spacial score (nSPS) is 17.6. The highest BCUT2D eigenvalue weighted by atomic mass is 16.6. The van der Waals surface area contributed by atoms with Gasteiger partial charge in [0.25, 0.3) is 0 Å². The monoisotopic (exact) mass is 344 g/mol. The molecule has 25 heavy (non-hydrogen) atoms. The second-order valence-corrected chi connectivity index (χ2v) is 7.15. The maximum Gasteiger partial charge on any atom is 0.410 e. The van der Waals surface area contributed by atoms with E-state index in [0.29, 0.717) is 13.1 Å². The number of hydrogen-bond acceptors (Lipinski definition) is 5. The highest BCUT2D eigenvalue weighted by Gasteiger charge is 2.31. The molecule has 6 heteroatoms. The van der Waals surface area contributed by atoms with Gasteiger partial charge in [-0.3, -0.25) is 4.98 Å². The first-order chi connectivity index (χ1) is 11.9. The van der Waals surface area contributed by atoms with Crippen LogP contribution in [0.25, 0.3) is 10.9 Å². The van der Waals surface area contributed by atoms with Gasteiger partial charge in [-0.15, -0.1) is 0 Å². The lowest BCUT2D eigenvalue weighted by atomic mass is 10.2. The van der Waals surface area contributed by atoms with Crippen LogP contribution in [0.1, 0.15) is 27.2 Å². The summed E-state index contributed by atoms with van der Waals surface area (Å²) in [6, 6.07) is 7.54. The summed E-state index contributed by atoms with van der Waals surface area (Å²) in [4.78, 5) is 18.2. The van der Waals surface area contributed by atoms with Crippen molar-refractivity contribution in [2.75, 3.05) is 20.2 Å². The largest absolute Gasteiger partial charge is 0.497 e. The van der Waals surface area contributed by atoms with Crippen LogP contribution in [0, 0.1) is 0 Å². The zero-order chi connectivity index (χ0) is 18.0. The Labute approximate surface area is 147 Å². The lowest BCUT2D eigenvalue weighted by Gasteiger charge is -2.24. The first-order valence-electron chi connectivity index (χ1n) is 8.43. The quantitative estimate of drug-likeness (QED) is 0.851. The van der Waals surface area contributed by atoms with Gasteiger partial charge in [0.2, 0.25) is 0 Å². The van der Waals surface area contributed by atoms with E-state index in [1.807, 2.05) is 45.0 Å². The highest BCUT2D eigenvalue weighted by molar-refractivity contribution is 5.86. The number of pyridine rings is 1. The number of carbonyl (C=O) groups excluding carboxylic acids is 1. The fourth-order valence-electron chi connectivity index (χ4n) is 2.83. The molecule has 134 valence electrons. The van der Waals surface area contributed by atoms with Gasteiger partial charge in [-0.1, -0.05) is 0 Å². The Morgan fingerprint density at radius 3 is 2.80 bits per heavy atom. The topological polar surface area (TPSA) is 60.9 Å². The Morgan fingerprint density at radius 1 is 1.28 bits per heavy atom. The molecule has 0 unspecified atom stereocenters. The van der Waals surface area contributed by atoms with Crippen molar-refractivity contribution in [2.45, 2.75) is 38.9 Å². The molecule has 1 amide bonds. The van der Waals surface area contributed by atoms with E-state index in [-0.39, 0.29) is 12.2 Å². The molecule has 1 saturated heterocycles. The van der Waals surface area contributed by atoms with Crippen molar-refractivity contribution in [3.8, 4) is 11.5 Å². The molecule has 0 radical (unpaired) electrons. The van der Waals surface area contributed by atoms with Crippen molar-refractivity contribution in [1.29, 1.82) is 0 Å². The molecule has 1 aromatic carbocycles. The standard InChI is InChI=1S/C19H24N2O4/c1-19(2,3)25-18(22)21-10-8-14(12-21)24-17-7-9-20-16-6-5-13(23-4)11-15(16)17/h5-7,9,11,14H,8,10,12H2,1-4H3/t14-/m0/s1. The predicted molar refractivity (Wildman–Crippen MR) is 95.1 cm³/mol. The highest BCUT2D eigenvalue weighted by Crippen LogP contribution is 2.30. The van der Waals surface area contributed by atoms with Crippen molar-refractivity contribution in [3.63, 3.8) is 0 Å². The minimum Gasteiger partial charge on any atom is -0.497 e. The number of fused-ring (bicyclic) bond motifs is 1. The minimum atomic E-state index is -0.492. The van der Waals surface area contributed by atoms with Crippen LogP contribution in [0.5, 0.6) is 11.5 Å². The van der Waals surface area contributed by atoms with Gasteiger partial charge in [-0.05, 0) is 45.0 Å². The van der Waals surface area contributed by atoms with Crippen LogP contribution in [0.15, 0.2) is 30.5 Å². The summed E-state index contributed by atoms with van der Waals surface area (Å²) in [5, 5.41) is 0.901. The molecular formula is C19H24N2O4. The molecule has 1 aliphatic heterocycles. The fraction of sp³-hybridized carbons (Fsp3) is 0.474. The van der Waals surface area contributed by atoms with Gasteiger partial charge in [0.1, 0.15) is 23.2 Å². The van der Waals surface area contributed by atoms with Crippen LogP contribution < -0.4 is 9.47 Å². The van der Waals surface area contributed by atoms with Gasteiger partial charge < -0.3 is 19.1 Å². The van der Waals surface area contributed by atoms with Crippen molar-refractivity contribution < 1.29 is 19.0 Å². The number of carbonyl (C=O) groups is 1. The number of hydrogen-bond donors (Lipinski definition) is 0. The van der Waals surface area contributed by atoms with Crippen molar-refractivity contribution in [2.24, 2.45) is 0 Å². The van der Waals surface area contributed by atoms with Crippen LogP contribution in [-0.4, -0.2) is 47.9 Å². The molecule has 0 aliphatic carbocycles. The van der Waals surface area contributed by atoms with Crippen molar-refractivity contribution >= 4 is 17.0 Å². The second kappa shape index (κ2) is 6.78. The lowest BCUT2D eigenvalue weighted by molar-refractivity contribution is 0.0276. The molecule has 1 fully saturated rings. The number of rotatable bonds is 3. The number of likely N-dealkylation sites (tertiary alicyclic amines) is 1. The average molecular weight is 344 g/mol. The number of ether oxygens (including phenoxy) is 3. The third-order valence-corrected chi connectivity index (χ3v) is 4.00. The Hall–Kier alpha value is -2.50. The third kappa shape index (κ3) is 4.13. The molecule has 3 rings (SSSR count). The number of methoxy groups -OCH3 is 1. The van der Waals surface area contributed by atoms with E-state index >= 15 is 0 Å². The van der Waals surface area contributed by atoms with Crippen LogP contribution in [0.4, 0.5) is 4.79 Å².